The Labute approximate surface area is 98.2 Å². The van der Waals surface area contributed by atoms with E-state index in [1.54, 1.807) is 0 Å². The monoisotopic (exact) mass is 232 g/mol. The lowest BCUT2D eigenvalue weighted by atomic mass is 9.94. The Kier molecular flexibility index (Phi) is 5.18. The predicted molar refractivity (Wildman–Crippen MR) is 61.2 cm³/mol. The van der Waals surface area contributed by atoms with Gasteiger partial charge in [-0.05, 0) is 40.5 Å². The Hall–Kier alpha value is -0.160. The van der Waals surface area contributed by atoms with E-state index in [1.165, 1.54) is 0 Å². The minimum absolute atomic E-state index is 0.522. The average molecular weight is 232 g/mol. The maximum absolute atomic E-state index is 5.82. The van der Waals surface area contributed by atoms with Crippen LogP contribution in [0.2, 0.25) is 0 Å². The highest BCUT2D eigenvalue weighted by Crippen LogP contribution is 2.39. The normalized spacial score (nSPS) is 29.2. The molecule has 16 heavy (non-hydrogen) atoms. The molecule has 0 aromatic rings. The van der Waals surface area contributed by atoms with Crippen LogP contribution in [0, 0.1) is 0 Å². The molecule has 4 heteroatoms. The summed E-state index contributed by atoms with van der Waals surface area (Å²) in [5.41, 5.74) is -0.522. The van der Waals surface area contributed by atoms with Crippen LogP contribution in [-0.2, 0) is 18.9 Å². The van der Waals surface area contributed by atoms with Crippen molar-refractivity contribution in [3.8, 4) is 0 Å². The van der Waals surface area contributed by atoms with Gasteiger partial charge in [-0.1, -0.05) is 0 Å². The number of rotatable bonds is 6. The Morgan fingerprint density at radius 3 is 2.06 bits per heavy atom. The third-order valence-electron chi connectivity index (χ3n) is 2.87. The Balaban J connectivity index is 2.88. The molecule has 1 fully saturated rings. The van der Waals surface area contributed by atoms with Gasteiger partial charge in [0.1, 0.15) is 5.60 Å². The van der Waals surface area contributed by atoms with Crippen molar-refractivity contribution >= 4 is 0 Å². The lowest BCUT2D eigenvalue weighted by Gasteiger charge is -2.48. The molecule has 96 valence electrons. The van der Waals surface area contributed by atoms with Crippen LogP contribution in [0.1, 0.15) is 40.5 Å². The summed E-state index contributed by atoms with van der Waals surface area (Å²) < 4.78 is 23.0. The smallest absolute Gasteiger partial charge is 0.313 e. The predicted octanol–water partition coefficient (Wildman–Crippen LogP) is 2.32. The molecule has 1 aliphatic heterocycles. The molecule has 1 rings (SSSR count). The number of ether oxygens (including phenoxy) is 4. The van der Waals surface area contributed by atoms with Gasteiger partial charge in [-0.2, -0.15) is 0 Å². The molecule has 0 amide bonds. The lowest BCUT2D eigenvalue weighted by molar-refractivity contribution is -0.454. The molecule has 1 saturated heterocycles. The van der Waals surface area contributed by atoms with Crippen molar-refractivity contribution in [3.05, 3.63) is 0 Å². The lowest BCUT2D eigenvalue weighted by Crippen LogP contribution is -2.61. The van der Waals surface area contributed by atoms with Crippen LogP contribution in [-0.4, -0.2) is 38.0 Å². The summed E-state index contributed by atoms with van der Waals surface area (Å²) >= 11 is 0. The van der Waals surface area contributed by atoms with Crippen molar-refractivity contribution in [2.45, 2.75) is 52.1 Å². The highest BCUT2D eigenvalue weighted by Gasteiger charge is 2.55. The first-order chi connectivity index (χ1) is 7.64. The van der Waals surface area contributed by atoms with Gasteiger partial charge in [0.25, 0.3) is 0 Å². The summed E-state index contributed by atoms with van der Waals surface area (Å²) in [5.74, 6) is -1.04. The fourth-order valence-corrected chi connectivity index (χ4v) is 2.21. The second-order valence-electron chi connectivity index (χ2n) is 4.04. The molecule has 0 aliphatic carbocycles. The van der Waals surface area contributed by atoms with E-state index in [0.717, 1.165) is 12.8 Å². The molecule has 1 heterocycles. The minimum atomic E-state index is -1.04. The maximum Gasteiger partial charge on any atom is 0.313 e. The molecule has 0 N–H and O–H groups in total. The summed E-state index contributed by atoms with van der Waals surface area (Å²) in [4.78, 5) is 0. The second kappa shape index (κ2) is 5.96. The van der Waals surface area contributed by atoms with E-state index in [0.29, 0.717) is 26.4 Å². The van der Waals surface area contributed by atoms with Gasteiger partial charge < -0.3 is 18.9 Å². The van der Waals surface area contributed by atoms with Crippen LogP contribution in [0.25, 0.3) is 0 Å². The van der Waals surface area contributed by atoms with E-state index in [-0.39, 0.29) is 0 Å². The zero-order valence-corrected chi connectivity index (χ0v) is 10.9. The van der Waals surface area contributed by atoms with Gasteiger partial charge in [-0.15, -0.1) is 0 Å². The third-order valence-corrected chi connectivity index (χ3v) is 2.87. The molecule has 0 aromatic heterocycles. The van der Waals surface area contributed by atoms with E-state index in [9.17, 15) is 0 Å². The topological polar surface area (TPSA) is 36.9 Å². The van der Waals surface area contributed by atoms with Crippen LogP contribution in [0.4, 0.5) is 0 Å². The molecular weight excluding hydrogens is 208 g/mol. The first-order valence-corrected chi connectivity index (χ1v) is 6.20. The maximum atomic E-state index is 5.82. The fourth-order valence-electron chi connectivity index (χ4n) is 2.21. The van der Waals surface area contributed by atoms with E-state index in [1.807, 2.05) is 27.7 Å². The van der Waals surface area contributed by atoms with Gasteiger partial charge in [0, 0.05) is 19.8 Å². The van der Waals surface area contributed by atoms with E-state index in [2.05, 4.69) is 0 Å². The molecule has 0 bridgehead atoms. The van der Waals surface area contributed by atoms with Gasteiger partial charge in [-0.25, -0.2) is 0 Å². The first-order valence-electron chi connectivity index (χ1n) is 6.20. The molecule has 4 nitrogen and oxygen atoms in total. The summed E-state index contributed by atoms with van der Waals surface area (Å²) in [7, 11) is 0. The van der Waals surface area contributed by atoms with Gasteiger partial charge in [-0.3, -0.25) is 0 Å². The zero-order valence-electron chi connectivity index (χ0n) is 10.9. The highest BCUT2D eigenvalue weighted by atomic mass is 16.9. The molecule has 0 saturated carbocycles. The highest BCUT2D eigenvalue weighted by molar-refractivity contribution is 4.90. The van der Waals surface area contributed by atoms with Gasteiger partial charge in [0.2, 0.25) is 0 Å². The van der Waals surface area contributed by atoms with E-state index >= 15 is 0 Å². The molecule has 1 aliphatic rings. The number of hydrogen-bond donors (Lipinski definition) is 0. The van der Waals surface area contributed by atoms with Gasteiger partial charge >= 0.3 is 5.97 Å². The van der Waals surface area contributed by atoms with Crippen molar-refractivity contribution in [1.29, 1.82) is 0 Å². The average Bonchev–Trinajstić information content (AvgIpc) is 2.24. The number of hydrogen-bond acceptors (Lipinski definition) is 4. The van der Waals surface area contributed by atoms with Gasteiger partial charge in [0.15, 0.2) is 0 Å². The first kappa shape index (κ1) is 13.9. The molecule has 0 radical (unpaired) electrons. The SMILES string of the molecule is CCOC1(C)CCCOC1(OCC)OCC. The third kappa shape index (κ3) is 2.56. The molecule has 1 atom stereocenters. The minimum Gasteiger partial charge on any atom is -0.367 e. The van der Waals surface area contributed by atoms with Gasteiger partial charge in [0.05, 0.1) is 6.61 Å². The summed E-state index contributed by atoms with van der Waals surface area (Å²) in [6.45, 7) is 10.2. The van der Waals surface area contributed by atoms with E-state index < -0.39 is 11.6 Å². The Morgan fingerprint density at radius 1 is 1.00 bits per heavy atom. The standard InChI is InChI=1S/C12H24O4/c1-5-13-11(4)9-8-10-16-12(11,14-6-2)15-7-3/h5-10H2,1-4H3. The summed E-state index contributed by atoms with van der Waals surface area (Å²) in [6, 6.07) is 0. The Morgan fingerprint density at radius 2 is 1.56 bits per heavy atom. The molecular formula is C12H24O4. The van der Waals surface area contributed by atoms with Crippen LogP contribution in [0.5, 0.6) is 0 Å². The van der Waals surface area contributed by atoms with Crippen LogP contribution < -0.4 is 0 Å². The van der Waals surface area contributed by atoms with Crippen molar-refractivity contribution in [2.24, 2.45) is 0 Å². The zero-order chi connectivity index (χ0) is 12.1. The Bertz CT molecular complexity index is 192. The van der Waals surface area contributed by atoms with Crippen LogP contribution >= 0.6 is 0 Å². The summed E-state index contributed by atoms with van der Waals surface area (Å²) in [5, 5.41) is 0. The summed E-state index contributed by atoms with van der Waals surface area (Å²) in [6.07, 6.45) is 1.86. The largest absolute Gasteiger partial charge is 0.367 e. The second-order valence-corrected chi connectivity index (χ2v) is 4.04. The fraction of sp³-hybridized carbons (Fsp3) is 1.00. The molecule has 1 unspecified atom stereocenters. The van der Waals surface area contributed by atoms with Crippen LogP contribution in [0.15, 0.2) is 0 Å². The molecule has 0 spiro atoms. The van der Waals surface area contributed by atoms with Crippen molar-refractivity contribution in [1.82, 2.24) is 0 Å². The molecule has 0 aromatic carbocycles. The van der Waals surface area contributed by atoms with Crippen LogP contribution in [0.3, 0.4) is 0 Å². The van der Waals surface area contributed by atoms with Crippen molar-refractivity contribution in [2.75, 3.05) is 26.4 Å². The van der Waals surface area contributed by atoms with E-state index in [4.69, 9.17) is 18.9 Å². The quantitative estimate of drug-likeness (QED) is 0.659. The van der Waals surface area contributed by atoms with Crippen molar-refractivity contribution < 1.29 is 18.9 Å². The van der Waals surface area contributed by atoms with Crippen molar-refractivity contribution in [3.63, 3.8) is 0 Å².